The molecule has 1 aromatic carbocycles. The molecule has 1 heterocycles. The summed E-state index contributed by atoms with van der Waals surface area (Å²) in [5, 5.41) is 14.2. The molecule has 0 bridgehead atoms. The molecule has 0 aliphatic carbocycles. The van der Waals surface area contributed by atoms with E-state index in [-0.39, 0.29) is 0 Å². The Bertz CT molecular complexity index is 404. The molecule has 3 nitrogen and oxygen atoms in total. The molecular weight excluding hydrogens is 248 g/mol. The molecule has 20 heavy (non-hydrogen) atoms. The smallest absolute Gasteiger partial charge is 0.0994 e. The second-order valence-corrected chi connectivity index (χ2v) is 6.43. The maximum Gasteiger partial charge on any atom is 0.0994 e. The molecule has 1 atom stereocenters. The monoisotopic (exact) mass is 276 g/mol. The number of nitrogens with one attached hydrogen (secondary N) is 1. The van der Waals surface area contributed by atoms with Crippen LogP contribution in [0.3, 0.4) is 0 Å². The number of aliphatic hydroxyl groups is 1. The van der Waals surface area contributed by atoms with E-state index in [2.05, 4.69) is 48.3 Å². The Morgan fingerprint density at radius 3 is 2.55 bits per heavy atom. The molecule has 2 rings (SSSR count). The Morgan fingerprint density at radius 2 is 1.90 bits per heavy atom. The molecule has 1 unspecified atom stereocenters. The van der Waals surface area contributed by atoms with Gasteiger partial charge in [-0.15, -0.1) is 0 Å². The van der Waals surface area contributed by atoms with Gasteiger partial charge >= 0.3 is 0 Å². The van der Waals surface area contributed by atoms with Gasteiger partial charge in [-0.05, 0) is 43.5 Å². The molecule has 3 heteroatoms. The molecule has 1 fully saturated rings. The van der Waals surface area contributed by atoms with Crippen molar-refractivity contribution in [2.45, 2.75) is 38.7 Å². The van der Waals surface area contributed by atoms with Gasteiger partial charge in [0, 0.05) is 19.6 Å². The van der Waals surface area contributed by atoms with E-state index < -0.39 is 5.60 Å². The van der Waals surface area contributed by atoms with Crippen LogP contribution < -0.4 is 5.32 Å². The van der Waals surface area contributed by atoms with Crippen molar-refractivity contribution in [1.29, 1.82) is 0 Å². The number of hydrogen-bond donors (Lipinski definition) is 2. The lowest BCUT2D eigenvalue weighted by Crippen LogP contribution is -2.40. The lowest BCUT2D eigenvalue weighted by atomic mass is 9.92. The van der Waals surface area contributed by atoms with E-state index in [1.165, 1.54) is 5.56 Å². The van der Waals surface area contributed by atoms with E-state index in [1.54, 1.807) is 0 Å². The normalized spacial score (nSPS) is 20.6. The summed E-state index contributed by atoms with van der Waals surface area (Å²) in [6.07, 6.45) is 1.16. The topological polar surface area (TPSA) is 35.5 Å². The first kappa shape index (κ1) is 15.5. The molecule has 0 spiro atoms. The molecule has 1 aliphatic rings. The Hall–Kier alpha value is -0.900. The van der Waals surface area contributed by atoms with Crippen LogP contribution >= 0.6 is 0 Å². The number of nitrogens with zero attached hydrogens (tertiary/aromatic N) is 1. The fourth-order valence-corrected chi connectivity index (χ4v) is 2.81. The lowest BCUT2D eigenvalue weighted by Gasteiger charge is -2.31. The van der Waals surface area contributed by atoms with Gasteiger partial charge in [0.15, 0.2) is 0 Å². The van der Waals surface area contributed by atoms with Crippen molar-refractivity contribution in [2.24, 2.45) is 0 Å². The van der Waals surface area contributed by atoms with E-state index in [9.17, 15) is 5.11 Å². The van der Waals surface area contributed by atoms with Crippen molar-refractivity contribution >= 4 is 0 Å². The van der Waals surface area contributed by atoms with Crippen molar-refractivity contribution in [3.8, 4) is 0 Å². The third-order valence-electron chi connectivity index (χ3n) is 4.16. The van der Waals surface area contributed by atoms with Crippen LogP contribution in [0.1, 0.15) is 44.2 Å². The fraction of sp³-hybridized carbons (Fsp3) is 0.647. The molecule has 0 aromatic heterocycles. The van der Waals surface area contributed by atoms with E-state index in [4.69, 9.17) is 0 Å². The van der Waals surface area contributed by atoms with Crippen LogP contribution in [-0.4, -0.2) is 42.7 Å². The summed E-state index contributed by atoms with van der Waals surface area (Å²) in [6.45, 7) is 11.2. The Morgan fingerprint density at radius 1 is 1.20 bits per heavy atom. The fourth-order valence-electron chi connectivity index (χ4n) is 2.81. The summed E-state index contributed by atoms with van der Waals surface area (Å²) < 4.78 is 0. The molecule has 0 radical (unpaired) electrons. The minimum absolute atomic E-state index is 0.533. The predicted octanol–water partition coefficient (Wildman–Crippen LogP) is 2.31. The third kappa shape index (κ3) is 4.05. The van der Waals surface area contributed by atoms with Crippen LogP contribution in [0.5, 0.6) is 0 Å². The Balaban J connectivity index is 2.04. The largest absolute Gasteiger partial charge is 0.384 e. The highest BCUT2D eigenvalue weighted by molar-refractivity contribution is 5.28. The Labute approximate surface area is 123 Å². The summed E-state index contributed by atoms with van der Waals surface area (Å²) in [5.41, 5.74) is 1.56. The minimum atomic E-state index is -0.778. The molecular formula is C17H28N2O. The highest BCUT2D eigenvalue weighted by atomic mass is 16.3. The van der Waals surface area contributed by atoms with E-state index >= 15 is 0 Å². The van der Waals surface area contributed by atoms with Gasteiger partial charge in [0.1, 0.15) is 0 Å². The molecule has 1 aromatic rings. The summed E-state index contributed by atoms with van der Waals surface area (Å²) in [5.74, 6) is 0.533. The van der Waals surface area contributed by atoms with Crippen molar-refractivity contribution in [3.63, 3.8) is 0 Å². The maximum atomic E-state index is 10.8. The second kappa shape index (κ2) is 6.70. The van der Waals surface area contributed by atoms with Crippen LogP contribution in [0.2, 0.25) is 0 Å². The summed E-state index contributed by atoms with van der Waals surface area (Å²) in [4.78, 5) is 2.36. The van der Waals surface area contributed by atoms with Crippen LogP contribution in [0.25, 0.3) is 0 Å². The zero-order valence-electron chi connectivity index (χ0n) is 13.0. The lowest BCUT2D eigenvalue weighted by molar-refractivity contribution is 0.0177. The van der Waals surface area contributed by atoms with E-state index in [1.807, 2.05) is 6.92 Å². The minimum Gasteiger partial charge on any atom is -0.384 e. The zero-order chi connectivity index (χ0) is 14.6. The highest BCUT2D eigenvalue weighted by Gasteiger charge is 2.26. The van der Waals surface area contributed by atoms with Gasteiger partial charge in [0.2, 0.25) is 0 Å². The number of benzene rings is 1. The van der Waals surface area contributed by atoms with Gasteiger partial charge in [0.05, 0.1) is 5.60 Å². The summed E-state index contributed by atoms with van der Waals surface area (Å²) in [6, 6.07) is 8.42. The van der Waals surface area contributed by atoms with Gasteiger partial charge in [-0.1, -0.05) is 38.1 Å². The third-order valence-corrected chi connectivity index (χ3v) is 4.16. The molecule has 0 amide bonds. The number of rotatable bonds is 4. The van der Waals surface area contributed by atoms with Crippen LogP contribution in [0, 0.1) is 0 Å². The first-order chi connectivity index (χ1) is 9.49. The van der Waals surface area contributed by atoms with Gasteiger partial charge in [-0.3, -0.25) is 4.90 Å². The zero-order valence-corrected chi connectivity index (χ0v) is 13.0. The molecule has 0 saturated carbocycles. The number of hydrogen-bond acceptors (Lipinski definition) is 3. The van der Waals surface area contributed by atoms with E-state index in [0.29, 0.717) is 12.5 Å². The average molecular weight is 276 g/mol. The molecule has 112 valence electrons. The first-order valence-electron chi connectivity index (χ1n) is 7.75. The SMILES string of the molecule is CC(C)c1ccc(C(C)(O)CN2CCCNCC2)cc1. The molecule has 2 N–H and O–H groups in total. The van der Waals surface area contributed by atoms with Gasteiger partial charge in [0.25, 0.3) is 0 Å². The van der Waals surface area contributed by atoms with Gasteiger partial charge < -0.3 is 10.4 Å². The molecule has 1 saturated heterocycles. The standard InChI is InChI=1S/C17H28N2O/c1-14(2)15-5-7-16(8-6-15)17(3,20)13-19-11-4-9-18-10-12-19/h5-8,14,18,20H,4,9-13H2,1-3H3. The maximum absolute atomic E-state index is 10.8. The van der Waals surface area contributed by atoms with Crippen LogP contribution in [0.15, 0.2) is 24.3 Å². The summed E-state index contributed by atoms with van der Waals surface area (Å²) >= 11 is 0. The van der Waals surface area contributed by atoms with Crippen molar-refractivity contribution in [2.75, 3.05) is 32.7 Å². The van der Waals surface area contributed by atoms with Crippen molar-refractivity contribution in [3.05, 3.63) is 35.4 Å². The van der Waals surface area contributed by atoms with E-state index in [0.717, 1.165) is 38.2 Å². The number of β-amino-alcohol motifs (C(OH)–C–C–N with tert-alkyl or cyclic N) is 1. The summed E-state index contributed by atoms with van der Waals surface area (Å²) in [7, 11) is 0. The van der Waals surface area contributed by atoms with Crippen LogP contribution in [0.4, 0.5) is 0 Å². The Kier molecular flexibility index (Phi) is 5.19. The highest BCUT2D eigenvalue weighted by Crippen LogP contribution is 2.24. The van der Waals surface area contributed by atoms with Crippen LogP contribution in [-0.2, 0) is 5.60 Å². The first-order valence-corrected chi connectivity index (χ1v) is 7.75. The van der Waals surface area contributed by atoms with Gasteiger partial charge in [-0.2, -0.15) is 0 Å². The molecule has 1 aliphatic heterocycles. The predicted molar refractivity (Wildman–Crippen MR) is 84.0 cm³/mol. The average Bonchev–Trinajstić information content (AvgIpc) is 2.67. The van der Waals surface area contributed by atoms with Crippen molar-refractivity contribution in [1.82, 2.24) is 10.2 Å². The van der Waals surface area contributed by atoms with Crippen molar-refractivity contribution < 1.29 is 5.11 Å². The quantitative estimate of drug-likeness (QED) is 0.886. The van der Waals surface area contributed by atoms with Gasteiger partial charge in [-0.25, -0.2) is 0 Å². The second-order valence-electron chi connectivity index (χ2n) is 6.43.